The van der Waals surface area contributed by atoms with Crippen LogP contribution >= 0.6 is 0 Å². The second-order valence-electron chi connectivity index (χ2n) is 10.5. The molecule has 184 valence electrons. The Kier molecular flexibility index (Phi) is 4.65. The van der Waals surface area contributed by atoms with Crippen molar-refractivity contribution >= 4 is 54.4 Å². The molecule has 0 aliphatic carbocycles. The molecule has 0 bridgehead atoms. The zero-order valence-corrected chi connectivity index (χ0v) is 21.8. The van der Waals surface area contributed by atoms with Gasteiger partial charge < -0.3 is 4.57 Å². The van der Waals surface area contributed by atoms with Crippen LogP contribution in [-0.4, -0.2) is 14.5 Å². The van der Waals surface area contributed by atoms with E-state index >= 15 is 0 Å². The molecule has 8 rings (SSSR count). The fourth-order valence-corrected chi connectivity index (χ4v) is 6.14. The van der Waals surface area contributed by atoms with Gasteiger partial charge in [0.1, 0.15) is 0 Å². The lowest BCUT2D eigenvalue weighted by atomic mass is 9.95. The highest BCUT2D eigenvalue weighted by Crippen LogP contribution is 2.37. The molecule has 0 saturated carbocycles. The Morgan fingerprint density at radius 1 is 0.462 bits per heavy atom. The smallest absolute Gasteiger partial charge is 0.0971 e. The summed E-state index contributed by atoms with van der Waals surface area (Å²) in [6.45, 7) is 4.32. The van der Waals surface area contributed by atoms with Gasteiger partial charge in [-0.3, -0.25) is 9.97 Å². The number of aryl methyl sites for hydroxylation is 2. The minimum absolute atomic E-state index is 0.949. The van der Waals surface area contributed by atoms with Gasteiger partial charge in [-0.1, -0.05) is 71.8 Å². The fraction of sp³-hybridized carbons (Fsp3) is 0.0556. The van der Waals surface area contributed by atoms with Gasteiger partial charge in [0.2, 0.25) is 0 Å². The highest BCUT2D eigenvalue weighted by molar-refractivity contribution is 6.23. The second-order valence-corrected chi connectivity index (χ2v) is 10.5. The van der Waals surface area contributed by atoms with Crippen LogP contribution in [0.1, 0.15) is 11.1 Å². The summed E-state index contributed by atoms with van der Waals surface area (Å²) in [5.41, 5.74) is 10.5. The van der Waals surface area contributed by atoms with Crippen LogP contribution in [0.25, 0.3) is 71.2 Å². The molecule has 0 radical (unpaired) electrons. The Morgan fingerprint density at radius 3 is 1.67 bits per heavy atom. The first-order valence-corrected chi connectivity index (χ1v) is 13.3. The number of aromatic nitrogens is 3. The highest BCUT2D eigenvalue weighted by Gasteiger charge is 2.14. The quantitative estimate of drug-likeness (QED) is 0.222. The van der Waals surface area contributed by atoms with E-state index in [2.05, 4.69) is 127 Å². The molecule has 3 nitrogen and oxygen atoms in total. The van der Waals surface area contributed by atoms with Crippen molar-refractivity contribution in [3.63, 3.8) is 0 Å². The van der Waals surface area contributed by atoms with Crippen LogP contribution < -0.4 is 0 Å². The third-order valence-corrected chi connectivity index (χ3v) is 7.98. The van der Waals surface area contributed by atoms with Crippen LogP contribution in [0.4, 0.5) is 0 Å². The van der Waals surface area contributed by atoms with E-state index in [9.17, 15) is 0 Å². The molecule has 8 aromatic rings. The lowest BCUT2D eigenvalue weighted by Crippen LogP contribution is -1.94. The van der Waals surface area contributed by atoms with Crippen molar-refractivity contribution < 1.29 is 0 Å². The van der Waals surface area contributed by atoms with E-state index in [0.29, 0.717) is 0 Å². The fourth-order valence-electron chi connectivity index (χ4n) is 6.14. The standard InChI is InChI=1S/C36H25N3/c1-22-7-15-33-31(19-22)32-20-23(2)8-16-34(32)39(33)26-12-9-24(10-13-26)25-11-14-29-30(21-25)27-5-3-4-6-28(27)35-36(29)38-18-17-37-35/h3-21H,1-2H3. The molecule has 0 N–H and O–H groups in total. The molecule has 3 heteroatoms. The van der Waals surface area contributed by atoms with Crippen LogP contribution in [-0.2, 0) is 0 Å². The monoisotopic (exact) mass is 499 g/mol. The van der Waals surface area contributed by atoms with Gasteiger partial charge >= 0.3 is 0 Å². The van der Waals surface area contributed by atoms with Gasteiger partial charge in [0, 0.05) is 39.6 Å². The van der Waals surface area contributed by atoms with Crippen LogP contribution in [0.5, 0.6) is 0 Å². The second kappa shape index (κ2) is 8.24. The van der Waals surface area contributed by atoms with E-state index in [1.165, 1.54) is 60.5 Å². The lowest BCUT2D eigenvalue weighted by molar-refractivity contribution is 1.18. The van der Waals surface area contributed by atoms with Gasteiger partial charge in [-0.15, -0.1) is 0 Å². The molecule has 6 aromatic carbocycles. The Bertz CT molecular complexity index is 2140. The maximum absolute atomic E-state index is 4.70. The molecule has 0 aliphatic heterocycles. The SMILES string of the molecule is Cc1ccc2c(c1)c1cc(C)ccc1n2-c1ccc(-c2ccc3c(c2)c2ccccc2c2nccnc32)cc1. The van der Waals surface area contributed by atoms with Crippen LogP contribution in [0.2, 0.25) is 0 Å². The van der Waals surface area contributed by atoms with Crippen molar-refractivity contribution in [2.45, 2.75) is 13.8 Å². The number of hydrogen-bond acceptors (Lipinski definition) is 2. The maximum atomic E-state index is 4.70. The van der Waals surface area contributed by atoms with Gasteiger partial charge in [-0.25, -0.2) is 0 Å². The van der Waals surface area contributed by atoms with Crippen molar-refractivity contribution in [1.29, 1.82) is 0 Å². The maximum Gasteiger partial charge on any atom is 0.0971 e. The van der Waals surface area contributed by atoms with Gasteiger partial charge in [-0.2, -0.15) is 0 Å². The van der Waals surface area contributed by atoms with Crippen molar-refractivity contribution in [3.05, 3.63) is 127 Å². The molecular weight excluding hydrogens is 474 g/mol. The molecule has 0 amide bonds. The van der Waals surface area contributed by atoms with Crippen molar-refractivity contribution in [2.75, 3.05) is 0 Å². The Balaban J connectivity index is 1.30. The van der Waals surface area contributed by atoms with Crippen LogP contribution in [0.15, 0.2) is 116 Å². The van der Waals surface area contributed by atoms with Crippen LogP contribution in [0, 0.1) is 13.8 Å². The lowest BCUT2D eigenvalue weighted by Gasteiger charge is -2.12. The molecule has 39 heavy (non-hydrogen) atoms. The molecule has 0 saturated heterocycles. The van der Waals surface area contributed by atoms with Gasteiger partial charge in [-0.05, 0) is 78.2 Å². The molecule has 2 aromatic heterocycles. The summed E-state index contributed by atoms with van der Waals surface area (Å²) in [5.74, 6) is 0. The third-order valence-electron chi connectivity index (χ3n) is 7.98. The van der Waals surface area contributed by atoms with Crippen molar-refractivity contribution in [1.82, 2.24) is 14.5 Å². The summed E-state index contributed by atoms with van der Waals surface area (Å²) in [5, 5.41) is 7.28. The number of hydrogen-bond donors (Lipinski definition) is 0. The van der Waals surface area contributed by atoms with E-state index < -0.39 is 0 Å². The number of fused-ring (bicyclic) bond motifs is 9. The minimum atomic E-state index is 0.949. The Labute approximate surface area is 226 Å². The molecular formula is C36H25N3. The number of nitrogens with zero attached hydrogens (tertiary/aromatic N) is 3. The highest BCUT2D eigenvalue weighted by atomic mass is 15.0. The summed E-state index contributed by atoms with van der Waals surface area (Å²) in [6.07, 6.45) is 3.55. The predicted molar refractivity (Wildman–Crippen MR) is 164 cm³/mol. The first-order chi connectivity index (χ1) is 19.2. The Hall–Kier alpha value is -5.02. The first kappa shape index (κ1) is 22.0. The molecule has 2 heterocycles. The van der Waals surface area contributed by atoms with Gasteiger partial charge in [0.15, 0.2) is 0 Å². The molecule has 0 atom stereocenters. The summed E-state index contributed by atoms with van der Waals surface area (Å²) in [4.78, 5) is 9.36. The average molecular weight is 500 g/mol. The van der Waals surface area contributed by atoms with Gasteiger partial charge in [0.05, 0.1) is 22.1 Å². The normalized spacial score (nSPS) is 11.8. The molecule has 0 aliphatic rings. The molecule has 0 fully saturated rings. The van der Waals surface area contributed by atoms with E-state index in [0.717, 1.165) is 21.8 Å². The van der Waals surface area contributed by atoms with E-state index in [4.69, 9.17) is 4.98 Å². The van der Waals surface area contributed by atoms with E-state index in [-0.39, 0.29) is 0 Å². The minimum Gasteiger partial charge on any atom is -0.309 e. The summed E-state index contributed by atoms with van der Waals surface area (Å²) >= 11 is 0. The average Bonchev–Trinajstić information content (AvgIpc) is 3.29. The van der Waals surface area contributed by atoms with Gasteiger partial charge in [0.25, 0.3) is 0 Å². The molecule has 0 unspecified atom stereocenters. The number of rotatable bonds is 2. The predicted octanol–water partition coefficient (Wildman–Crippen LogP) is 9.32. The zero-order chi connectivity index (χ0) is 26.1. The summed E-state index contributed by atoms with van der Waals surface area (Å²) < 4.78 is 2.38. The van der Waals surface area contributed by atoms with Crippen LogP contribution in [0.3, 0.4) is 0 Å². The van der Waals surface area contributed by atoms with Crippen molar-refractivity contribution in [2.24, 2.45) is 0 Å². The van der Waals surface area contributed by atoms with E-state index in [1.54, 1.807) is 12.4 Å². The first-order valence-electron chi connectivity index (χ1n) is 13.3. The van der Waals surface area contributed by atoms with E-state index in [1.807, 2.05) is 0 Å². The topological polar surface area (TPSA) is 30.7 Å². The zero-order valence-electron chi connectivity index (χ0n) is 21.8. The largest absolute Gasteiger partial charge is 0.309 e. The molecule has 0 spiro atoms. The summed E-state index contributed by atoms with van der Waals surface area (Å²) in [6, 6.07) is 37.6. The van der Waals surface area contributed by atoms with Crippen molar-refractivity contribution in [3.8, 4) is 16.8 Å². The summed E-state index contributed by atoms with van der Waals surface area (Å²) in [7, 11) is 0. The third kappa shape index (κ3) is 3.30. The number of benzene rings is 6. The Morgan fingerprint density at radius 2 is 1.03 bits per heavy atom.